The van der Waals surface area contributed by atoms with Gasteiger partial charge < -0.3 is 5.32 Å². The van der Waals surface area contributed by atoms with E-state index in [2.05, 4.69) is 10.0 Å². The zero-order valence-corrected chi connectivity index (χ0v) is 12.7. The summed E-state index contributed by atoms with van der Waals surface area (Å²) in [5.74, 6) is 0.487. The molecule has 1 aromatic carbocycles. The molecule has 0 radical (unpaired) electrons. The van der Waals surface area contributed by atoms with Crippen LogP contribution < -0.4 is 10.0 Å². The maximum absolute atomic E-state index is 12.5. The average molecular weight is 294 g/mol. The van der Waals surface area contributed by atoms with Crippen LogP contribution in [0.3, 0.4) is 0 Å². The second-order valence-electron chi connectivity index (χ2n) is 5.95. The van der Waals surface area contributed by atoms with Crippen molar-refractivity contribution in [3.63, 3.8) is 0 Å². The standard InChI is InChI=1S/C15H22N2O2S/c1-11(12-4-2-3-5-12)17-20(18,19)14-6-7-15-13(10-14)8-9-16-15/h6-7,10-12,16-17H,2-5,8-9H2,1H3. The lowest BCUT2D eigenvalue weighted by atomic mass is 10.0. The van der Waals surface area contributed by atoms with Crippen molar-refractivity contribution < 1.29 is 8.42 Å². The fourth-order valence-electron chi connectivity index (χ4n) is 3.31. The Bertz CT molecular complexity index is 592. The molecule has 1 atom stereocenters. The number of sulfonamides is 1. The van der Waals surface area contributed by atoms with Crippen LogP contribution in [0.25, 0.3) is 0 Å². The second kappa shape index (κ2) is 5.37. The summed E-state index contributed by atoms with van der Waals surface area (Å²) in [7, 11) is -3.40. The molecular weight excluding hydrogens is 272 g/mol. The van der Waals surface area contributed by atoms with E-state index >= 15 is 0 Å². The van der Waals surface area contributed by atoms with Gasteiger partial charge in [-0.15, -0.1) is 0 Å². The molecule has 3 rings (SSSR count). The third-order valence-electron chi connectivity index (χ3n) is 4.54. The van der Waals surface area contributed by atoms with Gasteiger partial charge in [0.05, 0.1) is 4.90 Å². The first kappa shape index (κ1) is 13.9. The Labute approximate surface area is 121 Å². The number of hydrogen-bond acceptors (Lipinski definition) is 3. The molecule has 0 amide bonds. The van der Waals surface area contributed by atoms with Crippen LogP contribution >= 0.6 is 0 Å². The monoisotopic (exact) mass is 294 g/mol. The molecule has 1 aliphatic heterocycles. The van der Waals surface area contributed by atoms with E-state index in [1.54, 1.807) is 12.1 Å². The Hall–Kier alpha value is -1.07. The van der Waals surface area contributed by atoms with Gasteiger partial charge in [-0.05, 0) is 55.9 Å². The van der Waals surface area contributed by atoms with Crippen molar-refractivity contribution in [2.24, 2.45) is 5.92 Å². The van der Waals surface area contributed by atoms with Gasteiger partial charge in [-0.25, -0.2) is 13.1 Å². The Morgan fingerprint density at radius 1 is 1.30 bits per heavy atom. The zero-order chi connectivity index (χ0) is 14.2. The van der Waals surface area contributed by atoms with Crippen molar-refractivity contribution in [2.45, 2.75) is 50.0 Å². The van der Waals surface area contributed by atoms with E-state index in [9.17, 15) is 8.42 Å². The van der Waals surface area contributed by atoms with E-state index in [1.807, 2.05) is 13.0 Å². The molecular formula is C15H22N2O2S. The Balaban J connectivity index is 1.77. The summed E-state index contributed by atoms with van der Waals surface area (Å²) in [6.45, 7) is 2.88. The second-order valence-corrected chi connectivity index (χ2v) is 7.66. The van der Waals surface area contributed by atoms with E-state index in [0.717, 1.165) is 37.1 Å². The lowest BCUT2D eigenvalue weighted by molar-refractivity contribution is 0.424. The molecule has 4 nitrogen and oxygen atoms in total. The largest absolute Gasteiger partial charge is 0.384 e. The van der Waals surface area contributed by atoms with Gasteiger partial charge in [-0.3, -0.25) is 0 Å². The summed E-state index contributed by atoms with van der Waals surface area (Å²) in [5.41, 5.74) is 2.16. The fraction of sp³-hybridized carbons (Fsp3) is 0.600. The molecule has 1 fully saturated rings. The third kappa shape index (κ3) is 2.69. The first-order valence-corrected chi connectivity index (χ1v) is 8.94. The van der Waals surface area contributed by atoms with Gasteiger partial charge >= 0.3 is 0 Å². The van der Waals surface area contributed by atoms with E-state index in [0.29, 0.717) is 10.8 Å². The van der Waals surface area contributed by atoms with Gasteiger partial charge in [0.2, 0.25) is 10.0 Å². The van der Waals surface area contributed by atoms with Gasteiger partial charge in [0.15, 0.2) is 0 Å². The minimum Gasteiger partial charge on any atom is -0.384 e. The van der Waals surface area contributed by atoms with E-state index in [-0.39, 0.29) is 6.04 Å². The van der Waals surface area contributed by atoms with Gasteiger partial charge in [-0.1, -0.05) is 12.8 Å². The van der Waals surface area contributed by atoms with Crippen molar-refractivity contribution in [1.82, 2.24) is 4.72 Å². The molecule has 1 aliphatic carbocycles. The van der Waals surface area contributed by atoms with Crippen molar-refractivity contribution in [2.75, 3.05) is 11.9 Å². The normalized spacial score (nSPS) is 20.6. The van der Waals surface area contributed by atoms with E-state index < -0.39 is 10.0 Å². The predicted molar refractivity (Wildman–Crippen MR) is 80.4 cm³/mol. The van der Waals surface area contributed by atoms with Crippen LogP contribution in [-0.4, -0.2) is 21.0 Å². The highest BCUT2D eigenvalue weighted by molar-refractivity contribution is 7.89. The first-order valence-electron chi connectivity index (χ1n) is 7.45. The number of nitrogens with one attached hydrogen (secondary N) is 2. The quantitative estimate of drug-likeness (QED) is 0.897. The van der Waals surface area contributed by atoms with Crippen LogP contribution in [0, 0.1) is 5.92 Å². The number of hydrogen-bond donors (Lipinski definition) is 2. The summed E-state index contributed by atoms with van der Waals surface area (Å²) in [6.07, 6.45) is 5.62. The van der Waals surface area contributed by atoms with Crippen LogP contribution in [0.1, 0.15) is 38.2 Å². The van der Waals surface area contributed by atoms with Crippen LogP contribution in [0.2, 0.25) is 0 Å². The van der Waals surface area contributed by atoms with Crippen molar-refractivity contribution in [3.8, 4) is 0 Å². The molecule has 5 heteroatoms. The van der Waals surface area contributed by atoms with Crippen molar-refractivity contribution >= 4 is 15.7 Å². The Morgan fingerprint density at radius 2 is 2.05 bits per heavy atom. The third-order valence-corrected chi connectivity index (χ3v) is 6.10. The van der Waals surface area contributed by atoms with Gasteiger partial charge in [0, 0.05) is 18.3 Å². The number of benzene rings is 1. The summed E-state index contributed by atoms with van der Waals surface area (Å²) in [6, 6.07) is 5.39. The van der Waals surface area contributed by atoms with Crippen molar-refractivity contribution in [3.05, 3.63) is 23.8 Å². The molecule has 110 valence electrons. The molecule has 0 spiro atoms. The molecule has 2 aliphatic rings. The minimum absolute atomic E-state index is 0.0221. The molecule has 0 bridgehead atoms. The molecule has 0 saturated heterocycles. The lowest BCUT2D eigenvalue weighted by Crippen LogP contribution is -2.37. The topological polar surface area (TPSA) is 58.2 Å². The first-order chi connectivity index (χ1) is 9.56. The Morgan fingerprint density at radius 3 is 2.80 bits per heavy atom. The molecule has 20 heavy (non-hydrogen) atoms. The predicted octanol–water partition coefficient (Wildman–Crippen LogP) is 2.51. The van der Waals surface area contributed by atoms with E-state index in [1.165, 1.54) is 12.8 Å². The molecule has 0 aromatic heterocycles. The van der Waals surface area contributed by atoms with Crippen LogP contribution in [0.4, 0.5) is 5.69 Å². The SMILES string of the molecule is CC(NS(=O)(=O)c1ccc2c(c1)CCN2)C1CCCC1. The van der Waals surface area contributed by atoms with Crippen molar-refractivity contribution in [1.29, 1.82) is 0 Å². The maximum Gasteiger partial charge on any atom is 0.240 e. The summed E-state index contributed by atoms with van der Waals surface area (Å²) in [5, 5.41) is 3.25. The number of anilines is 1. The minimum atomic E-state index is -3.40. The molecule has 1 heterocycles. The van der Waals surface area contributed by atoms with Gasteiger partial charge in [0.1, 0.15) is 0 Å². The average Bonchev–Trinajstić information content (AvgIpc) is 3.08. The molecule has 2 N–H and O–H groups in total. The molecule has 1 aromatic rings. The summed E-state index contributed by atoms with van der Waals surface area (Å²) < 4.78 is 27.8. The zero-order valence-electron chi connectivity index (χ0n) is 11.9. The van der Waals surface area contributed by atoms with Crippen LogP contribution in [-0.2, 0) is 16.4 Å². The highest BCUT2D eigenvalue weighted by atomic mass is 32.2. The maximum atomic E-state index is 12.5. The highest BCUT2D eigenvalue weighted by Crippen LogP contribution is 2.29. The van der Waals surface area contributed by atoms with Crippen LogP contribution in [0.5, 0.6) is 0 Å². The number of fused-ring (bicyclic) bond motifs is 1. The fourth-order valence-corrected chi connectivity index (χ4v) is 4.68. The highest BCUT2D eigenvalue weighted by Gasteiger charge is 2.26. The molecule has 1 unspecified atom stereocenters. The van der Waals surface area contributed by atoms with E-state index in [4.69, 9.17) is 0 Å². The summed E-state index contributed by atoms with van der Waals surface area (Å²) in [4.78, 5) is 0.393. The molecule has 1 saturated carbocycles. The number of rotatable bonds is 4. The summed E-state index contributed by atoms with van der Waals surface area (Å²) >= 11 is 0. The smallest absolute Gasteiger partial charge is 0.240 e. The van der Waals surface area contributed by atoms with Gasteiger partial charge in [0.25, 0.3) is 0 Å². The lowest BCUT2D eigenvalue weighted by Gasteiger charge is -2.20. The van der Waals surface area contributed by atoms with Crippen LogP contribution in [0.15, 0.2) is 23.1 Å². The Kier molecular flexibility index (Phi) is 3.73. The van der Waals surface area contributed by atoms with Gasteiger partial charge in [-0.2, -0.15) is 0 Å².